The van der Waals surface area contributed by atoms with Gasteiger partial charge in [0.2, 0.25) is 5.91 Å². The number of hydrogen-bond acceptors (Lipinski definition) is 2. The lowest BCUT2D eigenvalue weighted by Crippen LogP contribution is -2.26. The van der Waals surface area contributed by atoms with E-state index in [-0.39, 0.29) is 11.8 Å². The molecule has 1 aromatic rings. The van der Waals surface area contributed by atoms with E-state index >= 15 is 0 Å². The minimum absolute atomic E-state index is 0.186. The third-order valence-electron chi connectivity index (χ3n) is 4.47. The van der Waals surface area contributed by atoms with Gasteiger partial charge in [-0.1, -0.05) is 19.1 Å². The molecule has 1 aliphatic rings. The van der Waals surface area contributed by atoms with Gasteiger partial charge in [0.1, 0.15) is 0 Å². The number of nitrogens with one attached hydrogen (secondary N) is 2. The third-order valence-corrected chi connectivity index (χ3v) is 4.47. The summed E-state index contributed by atoms with van der Waals surface area (Å²) in [5.74, 6) is 1.15. The molecule has 1 aliphatic carbocycles. The number of rotatable bonds is 4. The zero-order chi connectivity index (χ0) is 14.5. The van der Waals surface area contributed by atoms with E-state index in [9.17, 15) is 4.79 Å². The summed E-state index contributed by atoms with van der Waals surface area (Å²) in [6.45, 7) is 4.39. The number of hydrogen-bond donors (Lipinski definition) is 2. The zero-order valence-electron chi connectivity index (χ0n) is 12.8. The Balaban J connectivity index is 1.97. The van der Waals surface area contributed by atoms with Crippen LogP contribution in [0.25, 0.3) is 0 Å². The normalized spacial score (nSPS) is 24.1. The van der Waals surface area contributed by atoms with Crippen molar-refractivity contribution in [2.24, 2.45) is 11.8 Å². The van der Waals surface area contributed by atoms with Crippen molar-refractivity contribution in [3.8, 4) is 0 Å². The first-order valence-corrected chi connectivity index (χ1v) is 7.68. The van der Waals surface area contributed by atoms with Crippen molar-refractivity contribution in [1.82, 2.24) is 5.32 Å². The average molecular weight is 274 g/mol. The lowest BCUT2D eigenvalue weighted by atomic mass is 9.82. The number of carbonyl (C=O) groups is 1. The Labute approximate surface area is 122 Å². The Kier molecular flexibility index (Phi) is 5.18. The molecule has 0 aliphatic heterocycles. The molecule has 2 rings (SSSR count). The predicted octanol–water partition coefficient (Wildman–Crippen LogP) is 3.73. The van der Waals surface area contributed by atoms with Gasteiger partial charge in [-0.25, -0.2) is 0 Å². The van der Waals surface area contributed by atoms with Crippen LogP contribution < -0.4 is 10.6 Å². The molecule has 1 saturated carbocycles. The molecule has 0 aromatic heterocycles. The van der Waals surface area contributed by atoms with Crippen molar-refractivity contribution in [2.75, 3.05) is 12.4 Å². The van der Waals surface area contributed by atoms with Gasteiger partial charge in [-0.2, -0.15) is 0 Å². The van der Waals surface area contributed by atoms with Gasteiger partial charge in [0, 0.05) is 17.6 Å². The molecule has 1 unspecified atom stereocenters. The molecule has 3 nitrogen and oxygen atoms in total. The highest BCUT2D eigenvalue weighted by Crippen LogP contribution is 2.29. The monoisotopic (exact) mass is 274 g/mol. The van der Waals surface area contributed by atoms with E-state index in [1.807, 2.05) is 19.2 Å². The summed E-state index contributed by atoms with van der Waals surface area (Å²) in [4.78, 5) is 12.3. The Morgan fingerprint density at radius 1 is 1.25 bits per heavy atom. The van der Waals surface area contributed by atoms with Crippen molar-refractivity contribution in [3.05, 3.63) is 29.8 Å². The van der Waals surface area contributed by atoms with Crippen LogP contribution >= 0.6 is 0 Å². The first kappa shape index (κ1) is 15.0. The highest BCUT2D eigenvalue weighted by atomic mass is 16.1. The van der Waals surface area contributed by atoms with E-state index in [2.05, 4.69) is 36.6 Å². The molecule has 0 spiro atoms. The van der Waals surface area contributed by atoms with E-state index in [1.54, 1.807) is 0 Å². The number of benzene rings is 1. The van der Waals surface area contributed by atoms with Crippen LogP contribution in [-0.2, 0) is 4.79 Å². The number of amides is 1. The maximum Gasteiger partial charge on any atom is 0.227 e. The minimum atomic E-state index is 0.186. The Morgan fingerprint density at radius 2 is 1.95 bits per heavy atom. The molecule has 20 heavy (non-hydrogen) atoms. The first-order valence-electron chi connectivity index (χ1n) is 7.68. The summed E-state index contributed by atoms with van der Waals surface area (Å²) in [7, 11) is 1.94. The number of carbonyl (C=O) groups excluding carboxylic acids is 1. The maximum atomic E-state index is 12.3. The molecule has 1 aromatic carbocycles. The smallest absolute Gasteiger partial charge is 0.227 e. The van der Waals surface area contributed by atoms with E-state index in [1.165, 1.54) is 18.4 Å². The van der Waals surface area contributed by atoms with Crippen molar-refractivity contribution >= 4 is 11.6 Å². The topological polar surface area (TPSA) is 41.1 Å². The molecule has 3 heteroatoms. The minimum Gasteiger partial charge on any atom is -0.326 e. The van der Waals surface area contributed by atoms with Crippen molar-refractivity contribution < 1.29 is 4.79 Å². The Hall–Kier alpha value is -1.35. The van der Waals surface area contributed by atoms with Gasteiger partial charge < -0.3 is 10.6 Å². The van der Waals surface area contributed by atoms with Gasteiger partial charge in [0.15, 0.2) is 0 Å². The fourth-order valence-electron chi connectivity index (χ4n) is 2.82. The summed E-state index contributed by atoms with van der Waals surface area (Å²) in [5.41, 5.74) is 2.11. The van der Waals surface area contributed by atoms with Gasteiger partial charge in [0.25, 0.3) is 0 Å². The lowest BCUT2D eigenvalue weighted by Gasteiger charge is -2.25. The molecule has 1 amide bonds. The summed E-state index contributed by atoms with van der Waals surface area (Å²) in [6, 6.07) is 8.41. The van der Waals surface area contributed by atoms with Gasteiger partial charge in [-0.05, 0) is 63.3 Å². The van der Waals surface area contributed by atoms with Gasteiger partial charge in [-0.15, -0.1) is 0 Å². The predicted molar refractivity (Wildman–Crippen MR) is 83.7 cm³/mol. The SMILES string of the molecule is CNC(C)c1cccc(NC(=O)C2CCC(C)CC2)c1. The first-order chi connectivity index (χ1) is 9.60. The van der Waals surface area contributed by atoms with Gasteiger partial charge in [-0.3, -0.25) is 4.79 Å². The highest BCUT2D eigenvalue weighted by molar-refractivity contribution is 5.92. The maximum absolute atomic E-state index is 12.3. The van der Waals surface area contributed by atoms with Crippen LogP contribution in [0, 0.1) is 11.8 Å². The molecule has 1 atom stereocenters. The second-order valence-electron chi connectivity index (χ2n) is 6.08. The standard InChI is InChI=1S/C17H26N2O/c1-12-7-9-14(10-8-12)17(20)19-16-6-4-5-15(11-16)13(2)18-3/h4-6,11-14,18H,7-10H2,1-3H3,(H,19,20). The Morgan fingerprint density at radius 3 is 2.60 bits per heavy atom. The third kappa shape index (κ3) is 3.83. The fourth-order valence-corrected chi connectivity index (χ4v) is 2.82. The second-order valence-corrected chi connectivity index (χ2v) is 6.08. The van der Waals surface area contributed by atoms with Crippen LogP contribution in [0.15, 0.2) is 24.3 Å². The lowest BCUT2D eigenvalue weighted by molar-refractivity contribution is -0.121. The average Bonchev–Trinajstić information content (AvgIpc) is 2.47. The van der Waals surface area contributed by atoms with Crippen molar-refractivity contribution in [2.45, 2.75) is 45.6 Å². The molecule has 2 N–H and O–H groups in total. The van der Waals surface area contributed by atoms with Crippen LogP contribution in [0.4, 0.5) is 5.69 Å². The summed E-state index contributed by atoms with van der Waals surface area (Å²) < 4.78 is 0. The summed E-state index contributed by atoms with van der Waals surface area (Å²) >= 11 is 0. The van der Waals surface area contributed by atoms with E-state index < -0.39 is 0 Å². The highest BCUT2D eigenvalue weighted by Gasteiger charge is 2.24. The van der Waals surface area contributed by atoms with Crippen LogP contribution in [0.3, 0.4) is 0 Å². The Bertz CT molecular complexity index is 450. The largest absolute Gasteiger partial charge is 0.326 e. The molecule has 0 heterocycles. The molecule has 0 bridgehead atoms. The number of anilines is 1. The summed E-state index contributed by atoms with van der Waals surface area (Å²) in [6.07, 6.45) is 4.41. The van der Waals surface area contributed by atoms with E-state index in [0.29, 0.717) is 6.04 Å². The van der Waals surface area contributed by atoms with E-state index in [0.717, 1.165) is 24.4 Å². The van der Waals surface area contributed by atoms with Crippen LogP contribution in [-0.4, -0.2) is 13.0 Å². The zero-order valence-corrected chi connectivity index (χ0v) is 12.8. The van der Waals surface area contributed by atoms with Gasteiger partial charge >= 0.3 is 0 Å². The molecule has 0 saturated heterocycles. The molecular weight excluding hydrogens is 248 g/mol. The van der Waals surface area contributed by atoms with Crippen molar-refractivity contribution in [3.63, 3.8) is 0 Å². The van der Waals surface area contributed by atoms with Crippen molar-refractivity contribution in [1.29, 1.82) is 0 Å². The van der Waals surface area contributed by atoms with Gasteiger partial charge in [0.05, 0.1) is 0 Å². The van der Waals surface area contributed by atoms with Crippen LogP contribution in [0.5, 0.6) is 0 Å². The molecule has 0 radical (unpaired) electrons. The molecule has 110 valence electrons. The quantitative estimate of drug-likeness (QED) is 0.878. The molecular formula is C17H26N2O. The fraction of sp³-hybridized carbons (Fsp3) is 0.588. The molecule has 1 fully saturated rings. The van der Waals surface area contributed by atoms with Crippen LogP contribution in [0.2, 0.25) is 0 Å². The second kappa shape index (κ2) is 6.89. The van der Waals surface area contributed by atoms with Crippen LogP contribution in [0.1, 0.15) is 51.1 Å². The summed E-state index contributed by atoms with van der Waals surface area (Å²) in [5, 5.41) is 6.30. The van der Waals surface area contributed by atoms with E-state index in [4.69, 9.17) is 0 Å².